The summed E-state index contributed by atoms with van der Waals surface area (Å²) in [6, 6.07) is 6.13. The number of hydrogen-bond donors (Lipinski definition) is 1. The lowest BCUT2D eigenvalue weighted by atomic mass is 10.1. The fourth-order valence-corrected chi connectivity index (χ4v) is 1.64. The standard InChI is InChI=1S/C11H13BrO/c1-8-3-5-10(11(12)7-8)6-4-9(2)13/h3-7,9,13H,1-2H3/b6-4+. The van der Waals surface area contributed by atoms with E-state index in [1.54, 1.807) is 13.0 Å². The Hall–Kier alpha value is -0.600. The Labute approximate surface area is 87.2 Å². The zero-order valence-electron chi connectivity index (χ0n) is 7.79. The van der Waals surface area contributed by atoms with Gasteiger partial charge in [0.1, 0.15) is 0 Å². The molecule has 0 heterocycles. The number of aryl methyl sites for hydroxylation is 1. The van der Waals surface area contributed by atoms with Crippen LogP contribution in [0, 0.1) is 6.92 Å². The zero-order valence-corrected chi connectivity index (χ0v) is 9.38. The van der Waals surface area contributed by atoms with E-state index in [0.29, 0.717) is 0 Å². The highest BCUT2D eigenvalue weighted by Gasteiger charge is 1.95. The quantitative estimate of drug-likeness (QED) is 0.843. The third-order valence-electron chi connectivity index (χ3n) is 1.71. The molecular weight excluding hydrogens is 228 g/mol. The molecule has 2 heteroatoms. The second kappa shape index (κ2) is 4.58. The summed E-state index contributed by atoms with van der Waals surface area (Å²) in [6.45, 7) is 3.78. The van der Waals surface area contributed by atoms with E-state index in [2.05, 4.69) is 22.0 Å². The van der Waals surface area contributed by atoms with E-state index < -0.39 is 6.10 Å². The Morgan fingerprint density at radius 3 is 2.69 bits per heavy atom. The van der Waals surface area contributed by atoms with Crippen molar-refractivity contribution in [1.82, 2.24) is 0 Å². The first-order valence-corrected chi connectivity index (χ1v) is 5.01. The van der Waals surface area contributed by atoms with Gasteiger partial charge in [-0.05, 0) is 31.0 Å². The number of benzene rings is 1. The van der Waals surface area contributed by atoms with Gasteiger partial charge >= 0.3 is 0 Å². The first kappa shape index (κ1) is 10.5. The Bertz CT molecular complexity index is 316. The van der Waals surface area contributed by atoms with Crippen molar-refractivity contribution in [3.05, 3.63) is 39.9 Å². The van der Waals surface area contributed by atoms with E-state index in [-0.39, 0.29) is 0 Å². The fraction of sp³-hybridized carbons (Fsp3) is 0.273. The second-order valence-electron chi connectivity index (χ2n) is 3.12. The van der Waals surface area contributed by atoms with E-state index in [1.807, 2.05) is 25.1 Å². The van der Waals surface area contributed by atoms with Crippen LogP contribution < -0.4 is 0 Å². The molecule has 1 nitrogen and oxygen atoms in total. The summed E-state index contributed by atoms with van der Waals surface area (Å²) in [4.78, 5) is 0. The number of hydrogen-bond acceptors (Lipinski definition) is 1. The molecule has 0 fully saturated rings. The van der Waals surface area contributed by atoms with Crippen LogP contribution in [0.2, 0.25) is 0 Å². The van der Waals surface area contributed by atoms with Crippen molar-refractivity contribution in [3.8, 4) is 0 Å². The molecule has 0 radical (unpaired) electrons. The molecule has 0 amide bonds. The predicted molar refractivity (Wildman–Crippen MR) is 59.6 cm³/mol. The van der Waals surface area contributed by atoms with Gasteiger partial charge in [-0.15, -0.1) is 0 Å². The summed E-state index contributed by atoms with van der Waals surface area (Å²) in [5, 5.41) is 9.06. The summed E-state index contributed by atoms with van der Waals surface area (Å²) < 4.78 is 1.06. The van der Waals surface area contributed by atoms with Crippen LogP contribution in [0.5, 0.6) is 0 Å². The lowest BCUT2D eigenvalue weighted by molar-refractivity contribution is 0.245. The maximum absolute atomic E-state index is 9.06. The normalized spacial score (nSPS) is 13.5. The van der Waals surface area contributed by atoms with Crippen molar-refractivity contribution < 1.29 is 5.11 Å². The highest BCUT2D eigenvalue weighted by Crippen LogP contribution is 2.19. The smallest absolute Gasteiger partial charge is 0.0696 e. The van der Waals surface area contributed by atoms with Crippen molar-refractivity contribution in [1.29, 1.82) is 0 Å². The molecule has 0 aromatic heterocycles. The van der Waals surface area contributed by atoms with E-state index in [4.69, 9.17) is 5.11 Å². The third kappa shape index (κ3) is 3.33. The van der Waals surface area contributed by atoms with Crippen LogP contribution in [-0.4, -0.2) is 11.2 Å². The van der Waals surface area contributed by atoms with Gasteiger partial charge in [0.05, 0.1) is 6.10 Å². The summed E-state index contributed by atoms with van der Waals surface area (Å²) in [7, 11) is 0. The molecule has 0 spiro atoms. The monoisotopic (exact) mass is 240 g/mol. The van der Waals surface area contributed by atoms with Gasteiger partial charge in [0.25, 0.3) is 0 Å². The second-order valence-corrected chi connectivity index (χ2v) is 3.98. The van der Waals surface area contributed by atoms with Gasteiger partial charge in [0, 0.05) is 4.47 Å². The largest absolute Gasteiger partial charge is 0.389 e. The first-order chi connectivity index (χ1) is 6.09. The minimum absolute atomic E-state index is 0.395. The minimum Gasteiger partial charge on any atom is -0.389 e. The third-order valence-corrected chi connectivity index (χ3v) is 2.40. The maximum Gasteiger partial charge on any atom is 0.0696 e. The van der Waals surface area contributed by atoms with Crippen LogP contribution in [0.1, 0.15) is 18.1 Å². The molecule has 0 aliphatic rings. The Morgan fingerprint density at radius 1 is 1.46 bits per heavy atom. The zero-order chi connectivity index (χ0) is 9.84. The Kier molecular flexibility index (Phi) is 3.70. The molecular formula is C11H13BrO. The first-order valence-electron chi connectivity index (χ1n) is 4.22. The van der Waals surface area contributed by atoms with E-state index in [1.165, 1.54) is 5.56 Å². The number of aliphatic hydroxyl groups is 1. The Balaban J connectivity index is 2.90. The molecule has 1 atom stereocenters. The summed E-state index contributed by atoms with van der Waals surface area (Å²) >= 11 is 3.46. The van der Waals surface area contributed by atoms with Crippen LogP contribution in [-0.2, 0) is 0 Å². The van der Waals surface area contributed by atoms with Crippen LogP contribution in [0.25, 0.3) is 6.08 Å². The topological polar surface area (TPSA) is 20.2 Å². The lowest BCUT2D eigenvalue weighted by Crippen LogP contribution is -1.91. The average molecular weight is 241 g/mol. The van der Waals surface area contributed by atoms with Crippen LogP contribution in [0.4, 0.5) is 0 Å². The number of halogens is 1. The lowest BCUT2D eigenvalue weighted by Gasteiger charge is -2.00. The van der Waals surface area contributed by atoms with E-state index in [9.17, 15) is 0 Å². The molecule has 70 valence electrons. The van der Waals surface area contributed by atoms with Gasteiger partial charge in [0.2, 0.25) is 0 Å². The van der Waals surface area contributed by atoms with Crippen LogP contribution >= 0.6 is 15.9 Å². The van der Waals surface area contributed by atoms with Crippen molar-refractivity contribution in [3.63, 3.8) is 0 Å². The number of rotatable bonds is 2. The van der Waals surface area contributed by atoms with Gasteiger partial charge < -0.3 is 5.11 Å². The average Bonchev–Trinajstić information content (AvgIpc) is 2.02. The van der Waals surface area contributed by atoms with Gasteiger partial charge in [-0.2, -0.15) is 0 Å². The van der Waals surface area contributed by atoms with Crippen molar-refractivity contribution in [2.75, 3.05) is 0 Å². The molecule has 0 aliphatic heterocycles. The molecule has 0 saturated carbocycles. The molecule has 1 rings (SSSR count). The van der Waals surface area contributed by atoms with Gasteiger partial charge in [-0.25, -0.2) is 0 Å². The van der Waals surface area contributed by atoms with Crippen LogP contribution in [0.15, 0.2) is 28.7 Å². The van der Waals surface area contributed by atoms with Crippen molar-refractivity contribution in [2.24, 2.45) is 0 Å². The Morgan fingerprint density at radius 2 is 2.15 bits per heavy atom. The molecule has 1 unspecified atom stereocenters. The van der Waals surface area contributed by atoms with E-state index >= 15 is 0 Å². The molecule has 1 N–H and O–H groups in total. The minimum atomic E-state index is -0.395. The SMILES string of the molecule is Cc1ccc(/C=C/C(C)O)c(Br)c1. The summed E-state index contributed by atoms with van der Waals surface area (Å²) in [6.07, 6.45) is 3.28. The summed E-state index contributed by atoms with van der Waals surface area (Å²) in [5.74, 6) is 0. The maximum atomic E-state index is 9.06. The summed E-state index contributed by atoms with van der Waals surface area (Å²) in [5.41, 5.74) is 2.31. The van der Waals surface area contributed by atoms with Crippen molar-refractivity contribution >= 4 is 22.0 Å². The molecule has 0 bridgehead atoms. The molecule has 13 heavy (non-hydrogen) atoms. The molecule has 1 aromatic carbocycles. The van der Waals surface area contributed by atoms with Gasteiger partial charge in [0.15, 0.2) is 0 Å². The highest BCUT2D eigenvalue weighted by molar-refractivity contribution is 9.10. The molecule has 0 saturated heterocycles. The van der Waals surface area contributed by atoms with Gasteiger partial charge in [-0.3, -0.25) is 0 Å². The van der Waals surface area contributed by atoms with Crippen LogP contribution in [0.3, 0.4) is 0 Å². The predicted octanol–water partition coefficient (Wildman–Crippen LogP) is 3.15. The van der Waals surface area contributed by atoms with Gasteiger partial charge in [-0.1, -0.05) is 40.2 Å². The van der Waals surface area contributed by atoms with E-state index in [0.717, 1.165) is 10.0 Å². The highest BCUT2D eigenvalue weighted by atomic mass is 79.9. The molecule has 0 aliphatic carbocycles. The molecule has 1 aromatic rings. The van der Waals surface area contributed by atoms with Crippen molar-refractivity contribution in [2.45, 2.75) is 20.0 Å². The fourth-order valence-electron chi connectivity index (χ4n) is 1.01. The number of aliphatic hydroxyl groups excluding tert-OH is 1.